The Kier molecular flexibility index (Phi) is 7.82. The van der Waals surface area contributed by atoms with E-state index < -0.39 is 6.04 Å². The second-order valence-corrected chi connectivity index (χ2v) is 9.70. The Morgan fingerprint density at radius 3 is 2.65 bits per heavy atom. The fourth-order valence-corrected chi connectivity index (χ4v) is 4.72. The van der Waals surface area contributed by atoms with E-state index in [0.29, 0.717) is 35.6 Å². The van der Waals surface area contributed by atoms with Crippen LogP contribution >= 0.6 is 22.9 Å². The number of benzene rings is 2. The molecule has 0 fully saturated rings. The zero-order chi connectivity index (χ0) is 23.9. The topological polar surface area (TPSA) is 89.8 Å². The minimum absolute atomic E-state index is 0.00326. The molecule has 4 aromatic rings. The van der Waals surface area contributed by atoms with Crippen LogP contribution in [0.15, 0.2) is 67.0 Å². The molecule has 2 heterocycles. The van der Waals surface area contributed by atoms with Crippen LogP contribution in [-0.4, -0.2) is 37.9 Å². The molecular formula is C25H24ClN5O2S. The number of carbonyl (C=O) groups excluding carboxylic acids is 2. The highest BCUT2D eigenvalue weighted by Crippen LogP contribution is 2.21. The number of hydrogen-bond donors (Lipinski definition) is 1. The molecule has 174 valence electrons. The molecule has 0 aliphatic rings. The third-order valence-electron chi connectivity index (χ3n) is 5.45. The third kappa shape index (κ3) is 6.15. The standard InChI is InChI=1S/C25H24ClN5O2S/c1-17-10-13-24(34-17)25(33)28-21(14-18-6-3-2-4-7-18)23(32)9-5-8-19-15-20(26)11-12-22(19)31-16-27-29-30-31/h2-4,6-7,10-13,15-16,21H,5,8-9,14H2,1H3,(H,28,33)/t21-/m0/s1. The predicted molar refractivity (Wildman–Crippen MR) is 133 cm³/mol. The van der Waals surface area contributed by atoms with Crippen molar-refractivity contribution in [3.05, 3.63) is 92.9 Å². The zero-order valence-corrected chi connectivity index (χ0v) is 20.2. The van der Waals surface area contributed by atoms with Gasteiger partial charge in [-0.2, -0.15) is 0 Å². The number of hydrogen-bond acceptors (Lipinski definition) is 6. The van der Waals surface area contributed by atoms with Crippen molar-refractivity contribution in [3.63, 3.8) is 0 Å². The molecule has 0 spiro atoms. The van der Waals surface area contributed by atoms with E-state index in [-0.39, 0.29) is 11.7 Å². The van der Waals surface area contributed by atoms with Gasteiger partial charge >= 0.3 is 0 Å². The Balaban J connectivity index is 1.44. The number of amides is 1. The summed E-state index contributed by atoms with van der Waals surface area (Å²) in [4.78, 5) is 27.7. The van der Waals surface area contributed by atoms with Gasteiger partial charge in [0.15, 0.2) is 5.78 Å². The third-order valence-corrected chi connectivity index (χ3v) is 6.68. The molecule has 1 N–H and O–H groups in total. The van der Waals surface area contributed by atoms with Crippen molar-refractivity contribution in [2.75, 3.05) is 0 Å². The van der Waals surface area contributed by atoms with Crippen LogP contribution in [0.2, 0.25) is 5.02 Å². The number of thiophene rings is 1. The molecule has 0 bridgehead atoms. The lowest BCUT2D eigenvalue weighted by molar-refractivity contribution is -0.121. The SMILES string of the molecule is Cc1ccc(C(=O)N[C@@H](Cc2ccccc2)C(=O)CCCc2cc(Cl)ccc2-n2cnnn2)s1. The minimum atomic E-state index is -0.601. The highest BCUT2D eigenvalue weighted by molar-refractivity contribution is 7.13. The molecule has 9 heteroatoms. The molecule has 34 heavy (non-hydrogen) atoms. The van der Waals surface area contributed by atoms with Crippen LogP contribution in [0.25, 0.3) is 5.69 Å². The lowest BCUT2D eigenvalue weighted by atomic mass is 9.97. The summed E-state index contributed by atoms with van der Waals surface area (Å²) in [6.07, 6.45) is 3.52. The van der Waals surface area contributed by atoms with Crippen molar-refractivity contribution < 1.29 is 9.59 Å². The maximum absolute atomic E-state index is 13.2. The Morgan fingerprint density at radius 2 is 1.94 bits per heavy atom. The molecule has 0 aliphatic heterocycles. The maximum Gasteiger partial charge on any atom is 0.261 e. The van der Waals surface area contributed by atoms with Crippen LogP contribution in [-0.2, 0) is 17.6 Å². The van der Waals surface area contributed by atoms with Crippen LogP contribution in [0.4, 0.5) is 0 Å². The van der Waals surface area contributed by atoms with E-state index in [9.17, 15) is 9.59 Å². The van der Waals surface area contributed by atoms with Gasteiger partial charge in [0, 0.05) is 16.3 Å². The molecule has 2 aromatic carbocycles. The van der Waals surface area contributed by atoms with E-state index in [2.05, 4.69) is 20.8 Å². The molecule has 7 nitrogen and oxygen atoms in total. The normalized spacial score (nSPS) is 11.8. The van der Waals surface area contributed by atoms with Crippen molar-refractivity contribution in [2.45, 2.75) is 38.6 Å². The number of ketones is 1. The summed E-state index contributed by atoms with van der Waals surface area (Å²) in [6, 6.07) is 18.3. The Morgan fingerprint density at radius 1 is 1.12 bits per heavy atom. The first-order chi connectivity index (χ1) is 16.5. The highest BCUT2D eigenvalue weighted by Gasteiger charge is 2.22. The molecule has 0 saturated heterocycles. The number of Topliss-reactive ketones (excluding diaryl/α,β-unsaturated/α-hetero) is 1. The molecule has 2 aromatic heterocycles. The number of aryl methyl sites for hydroxylation is 2. The molecular weight excluding hydrogens is 470 g/mol. The van der Waals surface area contributed by atoms with Crippen LogP contribution in [0, 0.1) is 6.92 Å². The largest absolute Gasteiger partial charge is 0.341 e. The summed E-state index contributed by atoms with van der Waals surface area (Å²) < 4.78 is 1.58. The van der Waals surface area contributed by atoms with Gasteiger partial charge in [0.2, 0.25) is 0 Å². The Hall–Kier alpha value is -3.36. The molecule has 0 aliphatic carbocycles. The summed E-state index contributed by atoms with van der Waals surface area (Å²) in [5, 5.41) is 14.9. The predicted octanol–water partition coefficient (Wildman–Crippen LogP) is 4.62. The second kappa shape index (κ2) is 11.2. The van der Waals surface area contributed by atoms with E-state index in [4.69, 9.17) is 11.6 Å². The fraction of sp³-hybridized carbons (Fsp3) is 0.240. The van der Waals surface area contributed by atoms with Crippen molar-refractivity contribution in [2.24, 2.45) is 0 Å². The summed E-state index contributed by atoms with van der Waals surface area (Å²) in [5.41, 5.74) is 2.77. The molecule has 1 amide bonds. The van der Waals surface area contributed by atoms with E-state index in [0.717, 1.165) is 21.7 Å². The number of rotatable bonds is 10. The van der Waals surface area contributed by atoms with E-state index >= 15 is 0 Å². The van der Waals surface area contributed by atoms with Crippen molar-refractivity contribution in [3.8, 4) is 5.69 Å². The first kappa shape index (κ1) is 23.8. The highest BCUT2D eigenvalue weighted by atomic mass is 35.5. The van der Waals surface area contributed by atoms with Crippen LogP contribution in [0.5, 0.6) is 0 Å². The van der Waals surface area contributed by atoms with Crippen LogP contribution in [0.1, 0.15) is 38.5 Å². The first-order valence-electron chi connectivity index (χ1n) is 11.0. The van der Waals surface area contributed by atoms with E-state index in [1.165, 1.54) is 17.7 Å². The van der Waals surface area contributed by atoms with Gasteiger partial charge in [-0.25, -0.2) is 4.68 Å². The van der Waals surface area contributed by atoms with Gasteiger partial charge in [-0.1, -0.05) is 41.9 Å². The number of halogens is 1. The van der Waals surface area contributed by atoms with Gasteiger partial charge in [-0.05, 0) is 78.1 Å². The number of carbonyl (C=O) groups is 2. The molecule has 0 unspecified atom stereocenters. The average Bonchev–Trinajstić information content (AvgIpc) is 3.51. The van der Waals surface area contributed by atoms with Gasteiger partial charge in [0.25, 0.3) is 5.91 Å². The lowest BCUT2D eigenvalue weighted by Crippen LogP contribution is -2.42. The molecule has 4 rings (SSSR count). The summed E-state index contributed by atoms with van der Waals surface area (Å²) in [6.45, 7) is 1.95. The number of nitrogens with one attached hydrogen (secondary N) is 1. The quantitative estimate of drug-likeness (QED) is 0.348. The molecule has 0 saturated carbocycles. The van der Waals surface area contributed by atoms with Gasteiger partial charge in [0.05, 0.1) is 16.6 Å². The van der Waals surface area contributed by atoms with Crippen LogP contribution < -0.4 is 5.32 Å². The van der Waals surface area contributed by atoms with Gasteiger partial charge in [0.1, 0.15) is 6.33 Å². The zero-order valence-electron chi connectivity index (χ0n) is 18.6. The number of aromatic nitrogens is 4. The average molecular weight is 494 g/mol. The second-order valence-electron chi connectivity index (χ2n) is 7.97. The van der Waals surface area contributed by atoms with Crippen molar-refractivity contribution in [1.29, 1.82) is 0 Å². The maximum atomic E-state index is 13.2. The minimum Gasteiger partial charge on any atom is -0.341 e. The van der Waals surface area contributed by atoms with Gasteiger partial charge < -0.3 is 5.32 Å². The monoisotopic (exact) mass is 493 g/mol. The smallest absolute Gasteiger partial charge is 0.261 e. The van der Waals surface area contributed by atoms with Crippen LogP contribution in [0.3, 0.4) is 0 Å². The van der Waals surface area contributed by atoms with E-state index in [1.807, 2.05) is 55.5 Å². The summed E-state index contributed by atoms with van der Waals surface area (Å²) >= 11 is 7.62. The summed E-state index contributed by atoms with van der Waals surface area (Å²) in [7, 11) is 0. The fourth-order valence-electron chi connectivity index (χ4n) is 3.76. The van der Waals surface area contributed by atoms with E-state index in [1.54, 1.807) is 16.8 Å². The summed E-state index contributed by atoms with van der Waals surface area (Å²) in [5.74, 6) is -0.223. The van der Waals surface area contributed by atoms with Crippen molar-refractivity contribution >= 4 is 34.6 Å². The Labute approximate surface area is 206 Å². The Bertz CT molecular complexity index is 1260. The molecule has 1 atom stereocenters. The number of nitrogens with zero attached hydrogens (tertiary/aromatic N) is 4. The van der Waals surface area contributed by atoms with Gasteiger partial charge in [-0.15, -0.1) is 16.4 Å². The molecule has 0 radical (unpaired) electrons. The lowest BCUT2D eigenvalue weighted by Gasteiger charge is -2.18. The first-order valence-corrected chi connectivity index (χ1v) is 12.1. The van der Waals surface area contributed by atoms with Crippen molar-refractivity contribution in [1.82, 2.24) is 25.5 Å². The number of tetrazole rings is 1. The van der Waals surface area contributed by atoms with Gasteiger partial charge in [-0.3, -0.25) is 9.59 Å².